The van der Waals surface area contributed by atoms with Crippen molar-refractivity contribution in [1.29, 1.82) is 0 Å². The molecular weight excluding hydrogens is 378 g/mol. The van der Waals surface area contributed by atoms with Crippen molar-refractivity contribution in [1.82, 2.24) is 9.78 Å². The highest BCUT2D eigenvalue weighted by Crippen LogP contribution is 2.32. The summed E-state index contributed by atoms with van der Waals surface area (Å²) in [4.78, 5) is 13.0. The van der Waals surface area contributed by atoms with Crippen molar-refractivity contribution < 1.29 is 18.5 Å². The van der Waals surface area contributed by atoms with Gasteiger partial charge in [0.2, 0.25) is 0 Å². The number of carbonyl (C=O) groups is 1. The molecule has 0 spiro atoms. The minimum absolute atomic E-state index is 0.336. The van der Waals surface area contributed by atoms with Crippen LogP contribution in [0, 0.1) is 0 Å². The smallest absolute Gasteiger partial charge is 0.260 e. The average Bonchev–Trinajstić information content (AvgIpc) is 3.24. The molecule has 1 atom stereocenters. The lowest BCUT2D eigenvalue weighted by molar-refractivity contribution is 0.102. The number of rotatable bonds is 5. The maximum Gasteiger partial charge on any atom is 0.260 e. The van der Waals surface area contributed by atoms with Crippen LogP contribution in [0.1, 0.15) is 21.6 Å². The SMILES string of the molecule is COc1ccc(C(=O)Nc2c3c(nn2-c2ccccc2)C[S@@](=O)C3)c(OC)c1. The van der Waals surface area contributed by atoms with Gasteiger partial charge in [0.1, 0.15) is 17.3 Å². The Labute approximate surface area is 164 Å². The summed E-state index contributed by atoms with van der Waals surface area (Å²) in [6.07, 6.45) is 0. The second kappa shape index (κ2) is 7.47. The molecule has 7 nitrogen and oxygen atoms in total. The molecule has 1 aliphatic heterocycles. The second-order valence-electron chi connectivity index (χ2n) is 6.27. The van der Waals surface area contributed by atoms with Gasteiger partial charge in [-0.05, 0) is 24.3 Å². The van der Waals surface area contributed by atoms with Crippen LogP contribution >= 0.6 is 0 Å². The molecule has 1 aliphatic rings. The standard InChI is InChI=1S/C20H19N3O4S/c1-26-14-8-9-15(18(10-14)27-2)20(24)21-19-16-11-28(25)12-17(16)22-23(19)13-6-4-3-5-7-13/h3-10H,11-12H2,1-2H3,(H,21,24)/t28-/m0/s1. The number of aromatic nitrogens is 2. The van der Waals surface area contributed by atoms with E-state index < -0.39 is 10.8 Å². The third kappa shape index (κ3) is 3.27. The topological polar surface area (TPSA) is 82.5 Å². The quantitative estimate of drug-likeness (QED) is 0.716. The van der Waals surface area contributed by atoms with Crippen molar-refractivity contribution in [2.75, 3.05) is 19.5 Å². The first-order valence-electron chi connectivity index (χ1n) is 8.65. The zero-order valence-corrected chi connectivity index (χ0v) is 16.3. The molecule has 2 aromatic carbocycles. The number of carbonyl (C=O) groups excluding carboxylic acids is 1. The van der Waals surface area contributed by atoms with E-state index in [0.29, 0.717) is 34.4 Å². The zero-order chi connectivity index (χ0) is 19.7. The summed E-state index contributed by atoms with van der Waals surface area (Å²) in [5, 5.41) is 7.53. The lowest BCUT2D eigenvalue weighted by Crippen LogP contribution is -2.17. The first-order chi connectivity index (χ1) is 13.6. The third-order valence-electron chi connectivity index (χ3n) is 4.56. The van der Waals surface area contributed by atoms with E-state index in [0.717, 1.165) is 16.9 Å². The molecule has 4 rings (SSSR count). The number of hydrogen-bond donors (Lipinski definition) is 1. The Hall–Kier alpha value is -3.13. The number of methoxy groups -OCH3 is 2. The normalized spacial score (nSPS) is 15.1. The monoisotopic (exact) mass is 397 g/mol. The number of nitrogens with zero attached hydrogens (tertiary/aromatic N) is 2. The zero-order valence-electron chi connectivity index (χ0n) is 15.5. The predicted octanol–water partition coefficient (Wildman–Crippen LogP) is 2.90. The Morgan fingerprint density at radius 1 is 1.11 bits per heavy atom. The summed E-state index contributed by atoms with van der Waals surface area (Å²) < 4.78 is 24.2. The van der Waals surface area contributed by atoms with Crippen molar-refractivity contribution in [2.24, 2.45) is 0 Å². The van der Waals surface area contributed by atoms with Crippen molar-refractivity contribution in [3.63, 3.8) is 0 Å². The van der Waals surface area contributed by atoms with Crippen LogP contribution in [0.3, 0.4) is 0 Å². The van der Waals surface area contributed by atoms with Crippen LogP contribution in [0.15, 0.2) is 48.5 Å². The predicted molar refractivity (Wildman–Crippen MR) is 107 cm³/mol. The highest BCUT2D eigenvalue weighted by Gasteiger charge is 2.29. The van der Waals surface area contributed by atoms with Gasteiger partial charge in [-0.1, -0.05) is 18.2 Å². The number of hydrogen-bond acceptors (Lipinski definition) is 5. The summed E-state index contributed by atoms with van der Waals surface area (Å²) in [5.41, 5.74) is 2.75. The van der Waals surface area contributed by atoms with Crippen LogP contribution < -0.4 is 14.8 Å². The Morgan fingerprint density at radius 2 is 1.89 bits per heavy atom. The van der Waals surface area contributed by atoms with E-state index >= 15 is 0 Å². The van der Waals surface area contributed by atoms with Gasteiger partial charge in [-0.15, -0.1) is 0 Å². The van der Waals surface area contributed by atoms with E-state index in [9.17, 15) is 9.00 Å². The highest BCUT2D eigenvalue weighted by molar-refractivity contribution is 7.83. The van der Waals surface area contributed by atoms with Gasteiger partial charge in [-0.25, -0.2) is 4.68 Å². The molecule has 0 radical (unpaired) electrons. The fourth-order valence-electron chi connectivity index (χ4n) is 3.17. The van der Waals surface area contributed by atoms with Gasteiger partial charge in [-0.2, -0.15) is 5.10 Å². The number of benzene rings is 2. The summed E-state index contributed by atoms with van der Waals surface area (Å²) in [7, 11) is 2.05. The molecule has 28 heavy (non-hydrogen) atoms. The lowest BCUT2D eigenvalue weighted by Gasteiger charge is -2.13. The molecule has 0 aliphatic carbocycles. The number of ether oxygens (including phenoxy) is 2. The summed E-state index contributed by atoms with van der Waals surface area (Å²) >= 11 is 0. The van der Waals surface area contributed by atoms with Crippen molar-refractivity contribution in [2.45, 2.75) is 11.5 Å². The Kier molecular flexibility index (Phi) is 4.87. The average molecular weight is 397 g/mol. The van der Waals surface area contributed by atoms with Crippen LogP contribution in [0.25, 0.3) is 5.69 Å². The molecule has 1 aromatic heterocycles. The molecule has 0 unspecified atom stereocenters. The lowest BCUT2D eigenvalue weighted by atomic mass is 10.1. The third-order valence-corrected chi connectivity index (χ3v) is 5.76. The van der Waals surface area contributed by atoms with Crippen molar-refractivity contribution >= 4 is 22.5 Å². The molecule has 0 saturated carbocycles. The first-order valence-corrected chi connectivity index (χ1v) is 10.1. The molecule has 0 fully saturated rings. The van der Waals surface area contributed by atoms with Gasteiger partial charge in [0.25, 0.3) is 5.91 Å². The largest absolute Gasteiger partial charge is 0.497 e. The van der Waals surface area contributed by atoms with Gasteiger partial charge < -0.3 is 14.8 Å². The van der Waals surface area contributed by atoms with Crippen molar-refractivity contribution in [3.05, 3.63) is 65.4 Å². The Balaban J connectivity index is 1.74. The van der Waals surface area contributed by atoms with E-state index in [4.69, 9.17) is 9.47 Å². The van der Waals surface area contributed by atoms with E-state index in [1.54, 1.807) is 30.0 Å². The minimum Gasteiger partial charge on any atom is -0.497 e. The van der Waals surface area contributed by atoms with Gasteiger partial charge >= 0.3 is 0 Å². The Bertz CT molecular complexity index is 1060. The fraction of sp³-hybridized carbons (Fsp3) is 0.200. The van der Waals surface area contributed by atoms with Crippen LogP contribution in [-0.4, -0.2) is 34.1 Å². The van der Waals surface area contributed by atoms with E-state index in [1.165, 1.54) is 7.11 Å². The van der Waals surface area contributed by atoms with Gasteiger partial charge in [-0.3, -0.25) is 9.00 Å². The minimum atomic E-state index is -1.00. The molecule has 0 bridgehead atoms. The molecule has 1 amide bonds. The Morgan fingerprint density at radius 3 is 2.61 bits per heavy atom. The van der Waals surface area contributed by atoms with Crippen LogP contribution in [0.4, 0.5) is 5.82 Å². The maximum atomic E-state index is 13.0. The molecule has 8 heteroatoms. The highest BCUT2D eigenvalue weighted by atomic mass is 32.2. The van der Waals surface area contributed by atoms with E-state index in [1.807, 2.05) is 30.3 Å². The summed E-state index contributed by atoms with van der Waals surface area (Å²) in [6, 6.07) is 14.5. The molecule has 2 heterocycles. The molecule has 0 saturated heterocycles. The second-order valence-corrected chi connectivity index (χ2v) is 7.73. The van der Waals surface area contributed by atoms with Crippen LogP contribution in [-0.2, 0) is 22.3 Å². The number of anilines is 1. The fourth-order valence-corrected chi connectivity index (χ4v) is 4.44. The summed E-state index contributed by atoms with van der Waals surface area (Å²) in [5.74, 6) is 1.97. The van der Waals surface area contributed by atoms with E-state index in [2.05, 4.69) is 10.4 Å². The van der Waals surface area contributed by atoms with E-state index in [-0.39, 0.29) is 5.91 Å². The van der Waals surface area contributed by atoms with Crippen molar-refractivity contribution in [3.8, 4) is 17.2 Å². The first kappa shape index (κ1) is 18.2. The molecule has 3 aromatic rings. The van der Waals surface area contributed by atoms with Crippen LogP contribution in [0.5, 0.6) is 11.5 Å². The maximum absolute atomic E-state index is 13.0. The number of para-hydroxylation sites is 1. The van der Waals surface area contributed by atoms with Gasteiger partial charge in [0, 0.05) is 22.4 Å². The number of nitrogens with one attached hydrogen (secondary N) is 1. The molecule has 1 N–H and O–H groups in total. The number of amides is 1. The van der Waals surface area contributed by atoms with Gasteiger partial charge in [0.15, 0.2) is 0 Å². The molecule has 144 valence electrons. The molecular formula is C20H19N3O4S. The van der Waals surface area contributed by atoms with Gasteiger partial charge in [0.05, 0.1) is 42.7 Å². The number of fused-ring (bicyclic) bond motifs is 1. The van der Waals surface area contributed by atoms with Crippen LogP contribution in [0.2, 0.25) is 0 Å². The summed E-state index contributed by atoms with van der Waals surface area (Å²) in [6.45, 7) is 0.